The number of likely N-dealkylation sites (tertiary alicyclic amines) is 1. The van der Waals surface area contributed by atoms with Crippen LogP contribution in [0.25, 0.3) is 0 Å². The van der Waals surface area contributed by atoms with E-state index in [1.54, 1.807) is 6.92 Å². The number of aliphatic carboxylic acids is 1. The lowest BCUT2D eigenvalue weighted by molar-refractivity contribution is -0.136. The van der Waals surface area contributed by atoms with Gasteiger partial charge in [0.25, 0.3) is 0 Å². The quantitative estimate of drug-likeness (QED) is 0.758. The summed E-state index contributed by atoms with van der Waals surface area (Å²) in [6.45, 7) is 5.86. The minimum Gasteiger partial charge on any atom is -0.480 e. The third-order valence-electron chi connectivity index (χ3n) is 2.67. The molecule has 86 valence electrons. The zero-order valence-electron chi connectivity index (χ0n) is 9.10. The number of carboxylic acid groups (broad SMARTS) is 1. The average molecular weight is 247 g/mol. The molecule has 0 aromatic carbocycles. The Balaban J connectivity index is 2.37. The molecule has 1 fully saturated rings. The van der Waals surface area contributed by atoms with Crippen LogP contribution in [0.15, 0.2) is 0 Å². The standard InChI is InChI=1S/C10H17NO2S2/c1-7-3-5-11(6-4-7)10(14)15-8(2)9(12)13/h7-8H,3-6H2,1-2H3,(H,12,13)/t8-/m1/s1. The van der Waals surface area contributed by atoms with Crippen molar-refractivity contribution in [2.75, 3.05) is 13.1 Å². The minimum absolute atomic E-state index is 0.447. The third-order valence-corrected chi connectivity index (χ3v) is 4.23. The highest BCUT2D eigenvalue weighted by Crippen LogP contribution is 2.22. The maximum atomic E-state index is 10.7. The Kier molecular flexibility index (Phi) is 4.86. The lowest BCUT2D eigenvalue weighted by atomic mass is 10.00. The highest BCUT2D eigenvalue weighted by molar-refractivity contribution is 8.23. The molecule has 3 nitrogen and oxygen atoms in total. The van der Waals surface area contributed by atoms with Crippen molar-refractivity contribution in [3.8, 4) is 0 Å². The van der Waals surface area contributed by atoms with Crippen molar-refractivity contribution in [1.82, 2.24) is 4.90 Å². The van der Waals surface area contributed by atoms with Gasteiger partial charge in [-0.2, -0.15) is 0 Å². The van der Waals surface area contributed by atoms with Crippen LogP contribution in [-0.4, -0.2) is 38.6 Å². The van der Waals surface area contributed by atoms with Gasteiger partial charge in [0.2, 0.25) is 0 Å². The molecule has 0 amide bonds. The number of nitrogens with zero attached hydrogens (tertiary/aromatic N) is 1. The van der Waals surface area contributed by atoms with E-state index < -0.39 is 11.2 Å². The molecule has 0 spiro atoms. The van der Waals surface area contributed by atoms with Gasteiger partial charge in [-0.3, -0.25) is 4.79 Å². The van der Waals surface area contributed by atoms with Crippen molar-refractivity contribution in [2.24, 2.45) is 5.92 Å². The molecule has 1 N–H and O–H groups in total. The summed E-state index contributed by atoms with van der Waals surface area (Å²) in [7, 11) is 0. The summed E-state index contributed by atoms with van der Waals surface area (Å²) in [6.07, 6.45) is 2.31. The smallest absolute Gasteiger partial charge is 0.316 e. The maximum Gasteiger partial charge on any atom is 0.316 e. The van der Waals surface area contributed by atoms with Crippen LogP contribution in [0.2, 0.25) is 0 Å². The molecule has 0 unspecified atom stereocenters. The Morgan fingerprint density at radius 2 is 2.07 bits per heavy atom. The zero-order valence-corrected chi connectivity index (χ0v) is 10.7. The van der Waals surface area contributed by atoms with Crippen LogP contribution < -0.4 is 0 Å². The largest absolute Gasteiger partial charge is 0.480 e. The summed E-state index contributed by atoms with van der Waals surface area (Å²) in [5, 5.41) is 8.32. The fourth-order valence-electron chi connectivity index (χ4n) is 1.47. The minimum atomic E-state index is -0.798. The second-order valence-corrected chi connectivity index (χ2v) is 6.01. The van der Waals surface area contributed by atoms with Crippen LogP contribution >= 0.6 is 24.0 Å². The molecule has 0 bridgehead atoms. The Bertz CT molecular complexity index is 250. The topological polar surface area (TPSA) is 40.5 Å². The van der Waals surface area contributed by atoms with E-state index in [2.05, 4.69) is 11.8 Å². The molecule has 1 aliphatic rings. The van der Waals surface area contributed by atoms with Crippen molar-refractivity contribution in [1.29, 1.82) is 0 Å². The molecule has 0 radical (unpaired) electrons. The molecule has 1 aliphatic heterocycles. The van der Waals surface area contributed by atoms with E-state index in [4.69, 9.17) is 17.3 Å². The SMILES string of the molecule is CC1CCN(C(=S)S[C@H](C)C(=O)O)CC1. The molecule has 1 heterocycles. The van der Waals surface area contributed by atoms with E-state index in [9.17, 15) is 4.79 Å². The number of rotatable bonds is 2. The summed E-state index contributed by atoms with van der Waals surface area (Å²) in [5.41, 5.74) is 0. The van der Waals surface area contributed by atoms with Crippen molar-refractivity contribution < 1.29 is 9.90 Å². The Hall–Kier alpha value is -0.290. The van der Waals surface area contributed by atoms with Gasteiger partial charge < -0.3 is 10.0 Å². The molecule has 1 atom stereocenters. The first kappa shape index (κ1) is 12.8. The van der Waals surface area contributed by atoms with Crippen LogP contribution in [0.5, 0.6) is 0 Å². The van der Waals surface area contributed by atoms with E-state index >= 15 is 0 Å². The molecule has 0 aromatic heterocycles. The highest BCUT2D eigenvalue weighted by Gasteiger charge is 2.21. The second-order valence-electron chi connectivity index (χ2n) is 4.03. The van der Waals surface area contributed by atoms with Gasteiger partial charge in [0.1, 0.15) is 9.57 Å². The zero-order chi connectivity index (χ0) is 11.4. The number of piperidine rings is 1. The van der Waals surface area contributed by atoms with Gasteiger partial charge in [0, 0.05) is 13.1 Å². The highest BCUT2D eigenvalue weighted by atomic mass is 32.2. The number of hydrogen-bond acceptors (Lipinski definition) is 3. The number of carbonyl (C=O) groups is 1. The Morgan fingerprint density at radius 3 is 2.53 bits per heavy atom. The summed E-state index contributed by atoms with van der Waals surface area (Å²) in [6, 6.07) is 0. The van der Waals surface area contributed by atoms with Gasteiger partial charge in [0.05, 0.1) is 0 Å². The van der Waals surface area contributed by atoms with E-state index in [1.807, 2.05) is 0 Å². The molecular weight excluding hydrogens is 230 g/mol. The van der Waals surface area contributed by atoms with E-state index in [0.717, 1.165) is 36.2 Å². The van der Waals surface area contributed by atoms with Gasteiger partial charge >= 0.3 is 5.97 Å². The van der Waals surface area contributed by atoms with Crippen LogP contribution in [0, 0.1) is 5.92 Å². The van der Waals surface area contributed by atoms with Crippen LogP contribution in [0.4, 0.5) is 0 Å². The fourth-order valence-corrected chi connectivity index (χ4v) is 2.82. The van der Waals surface area contributed by atoms with Crippen molar-refractivity contribution >= 4 is 34.3 Å². The maximum absolute atomic E-state index is 10.7. The predicted octanol–water partition coefficient (Wildman–Crippen LogP) is 2.21. The summed E-state index contributed by atoms with van der Waals surface area (Å²) in [4.78, 5) is 12.8. The first-order chi connectivity index (χ1) is 7.00. The number of thioether (sulfide) groups is 1. The fraction of sp³-hybridized carbons (Fsp3) is 0.800. The van der Waals surface area contributed by atoms with Crippen molar-refractivity contribution in [3.05, 3.63) is 0 Å². The van der Waals surface area contributed by atoms with Gasteiger partial charge in [-0.05, 0) is 25.7 Å². The number of carboxylic acids is 1. The van der Waals surface area contributed by atoms with E-state index in [1.165, 1.54) is 11.8 Å². The van der Waals surface area contributed by atoms with Gasteiger partial charge in [-0.15, -0.1) is 0 Å². The molecule has 0 aliphatic carbocycles. The number of hydrogen-bond donors (Lipinski definition) is 1. The predicted molar refractivity (Wildman–Crippen MR) is 67.3 cm³/mol. The molecule has 5 heteroatoms. The van der Waals surface area contributed by atoms with E-state index in [-0.39, 0.29) is 0 Å². The van der Waals surface area contributed by atoms with Crippen molar-refractivity contribution in [3.63, 3.8) is 0 Å². The summed E-state index contributed by atoms with van der Waals surface area (Å²) >= 11 is 6.51. The summed E-state index contributed by atoms with van der Waals surface area (Å²) in [5.74, 6) is -0.0290. The first-order valence-electron chi connectivity index (χ1n) is 5.19. The van der Waals surface area contributed by atoms with E-state index in [0.29, 0.717) is 0 Å². The number of thiocarbonyl (C=S) groups is 1. The van der Waals surface area contributed by atoms with Crippen LogP contribution in [-0.2, 0) is 4.79 Å². The van der Waals surface area contributed by atoms with Crippen molar-refractivity contribution in [2.45, 2.75) is 31.9 Å². The van der Waals surface area contributed by atoms with Crippen LogP contribution in [0.1, 0.15) is 26.7 Å². The van der Waals surface area contributed by atoms with Crippen LogP contribution in [0.3, 0.4) is 0 Å². The lowest BCUT2D eigenvalue weighted by Gasteiger charge is -2.32. The molecule has 0 saturated carbocycles. The molecule has 1 saturated heterocycles. The Morgan fingerprint density at radius 1 is 1.53 bits per heavy atom. The van der Waals surface area contributed by atoms with Gasteiger partial charge in [-0.1, -0.05) is 30.9 Å². The summed E-state index contributed by atoms with van der Waals surface area (Å²) < 4.78 is 0.733. The average Bonchev–Trinajstić information content (AvgIpc) is 2.18. The van der Waals surface area contributed by atoms with Gasteiger partial charge in [-0.25, -0.2) is 0 Å². The monoisotopic (exact) mass is 247 g/mol. The molecule has 15 heavy (non-hydrogen) atoms. The van der Waals surface area contributed by atoms with Gasteiger partial charge in [0.15, 0.2) is 0 Å². The second kappa shape index (κ2) is 5.70. The molecule has 1 rings (SSSR count). The molecular formula is C10H17NO2S2. The molecule has 0 aromatic rings. The normalized spacial score (nSPS) is 20.0. The lowest BCUT2D eigenvalue weighted by Crippen LogP contribution is -2.36. The Labute approximate surface area is 100 Å². The third kappa shape index (κ3) is 3.99. The first-order valence-corrected chi connectivity index (χ1v) is 6.48.